The fourth-order valence-corrected chi connectivity index (χ4v) is 6.54. The summed E-state index contributed by atoms with van der Waals surface area (Å²) in [6, 6.07) is 20.4. The molecular formula is C30H34BrN. The van der Waals surface area contributed by atoms with Gasteiger partial charge in [0.1, 0.15) is 0 Å². The molecule has 0 radical (unpaired) electrons. The molecule has 0 unspecified atom stereocenters. The Bertz CT molecular complexity index is 1260. The fourth-order valence-electron chi connectivity index (χ4n) is 6.10. The first kappa shape index (κ1) is 21.8. The maximum Gasteiger partial charge on any atom is 0.0531 e. The first-order valence-corrected chi connectivity index (χ1v) is 12.5. The van der Waals surface area contributed by atoms with Gasteiger partial charge in [-0.2, -0.15) is 0 Å². The Morgan fingerprint density at radius 1 is 0.625 bits per heavy atom. The molecule has 0 bridgehead atoms. The molecule has 2 heteroatoms. The van der Waals surface area contributed by atoms with E-state index in [1.54, 1.807) is 0 Å². The van der Waals surface area contributed by atoms with Crippen molar-refractivity contribution in [2.24, 2.45) is 5.41 Å². The van der Waals surface area contributed by atoms with Gasteiger partial charge in [0.15, 0.2) is 0 Å². The van der Waals surface area contributed by atoms with Crippen LogP contribution in [0, 0.1) is 5.41 Å². The molecule has 0 saturated heterocycles. The molecule has 0 heterocycles. The van der Waals surface area contributed by atoms with Crippen LogP contribution in [0.5, 0.6) is 0 Å². The van der Waals surface area contributed by atoms with Crippen LogP contribution in [0.1, 0.15) is 77.6 Å². The monoisotopic (exact) mass is 487 g/mol. The van der Waals surface area contributed by atoms with Crippen LogP contribution in [-0.4, -0.2) is 0 Å². The van der Waals surface area contributed by atoms with E-state index in [0.717, 1.165) is 15.8 Å². The molecule has 0 spiro atoms. The molecule has 5 rings (SSSR count). The molecule has 0 atom stereocenters. The second kappa shape index (κ2) is 6.50. The first-order chi connectivity index (χ1) is 14.8. The quantitative estimate of drug-likeness (QED) is 0.379. The summed E-state index contributed by atoms with van der Waals surface area (Å²) in [5.74, 6) is 0. The van der Waals surface area contributed by atoms with Gasteiger partial charge in [-0.25, -0.2) is 0 Å². The smallest absolute Gasteiger partial charge is 0.0531 e. The van der Waals surface area contributed by atoms with E-state index in [1.807, 2.05) is 0 Å². The zero-order chi connectivity index (χ0) is 23.3. The Kier molecular flexibility index (Phi) is 4.42. The molecular weight excluding hydrogens is 454 g/mol. The van der Waals surface area contributed by atoms with E-state index < -0.39 is 0 Å². The largest absolute Gasteiger partial charge is 0.355 e. The lowest BCUT2D eigenvalue weighted by Gasteiger charge is -2.44. The van der Waals surface area contributed by atoms with Gasteiger partial charge >= 0.3 is 0 Å². The molecule has 3 aromatic carbocycles. The third-order valence-electron chi connectivity index (χ3n) is 9.44. The number of halogens is 1. The van der Waals surface area contributed by atoms with Gasteiger partial charge in [-0.1, -0.05) is 85.7 Å². The van der Waals surface area contributed by atoms with Crippen LogP contribution in [0.4, 0.5) is 11.4 Å². The number of benzene rings is 3. The normalized spacial score (nSPS) is 20.4. The molecule has 0 aliphatic heterocycles. The van der Waals surface area contributed by atoms with Gasteiger partial charge in [0, 0.05) is 15.6 Å². The van der Waals surface area contributed by atoms with Crippen molar-refractivity contribution >= 4 is 27.3 Å². The standard InChI is InChI=1S/C30H34BrN/c1-27(2)21-12-10-9-11-19(21)20-14-13-18(15-22(20)27)32-26-17-24-23(16-25(26)31)28(3,4)30(7,8)29(24,5)6/h9-17,32H,1-8H3. The molecule has 0 amide bonds. The predicted octanol–water partition coefficient (Wildman–Crippen LogP) is 9.09. The van der Waals surface area contributed by atoms with Crippen LogP contribution in [-0.2, 0) is 16.2 Å². The van der Waals surface area contributed by atoms with E-state index >= 15 is 0 Å². The maximum atomic E-state index is 3.88. The molecule has 0 fully saturated rings. The number of rotatable bonds is 2. The van der Waals surface area contributed by atoms with E-state index in [4.69, 9.17) is 0 Å². The molecule has 2 aliphatic carbocycles. The summed E-state index contributed by atoms with van der Waals surface area (Å²) in [4.78, 5) is 0. The lowest BCUT2D eigenvalue weighted by molar-refractivity contribution is 0.125. The topological polar surface area (TPSA) is 12.0 Å². The molecule has 2 aliphatic rings. The van der Waals surface area contributed by atoms with E-state index in [0.29, 0.717) is 0 Å². The van der Waals surface area contributed by atoms with Crippen LogP contribution < -0.4 is 5.32 Å². The molecule has 1 N–H and O–H groups in total. The first-order valence-electron chi connectivity index (χ1n) is 11.7. The minimum absolute atomic E-state index is 0.00875. The van der Waals surface area contributed by atoms with Gasteiger partial charge in [0.2, 0.25) is 0 Å². The average Bonchev–Trinajstić information content (AvgIpc) is 3.00. The van der Waals surface area contributed by atoms with E-state index in [9.17, 15) is 0 Å². The summed E-state index contributed by atoms with van der Waals surface area (Å²) in [5.41, 5.74) is 11.1. The van der Waals surface area contributed by atoms with Crippen molar-refractivity contribution in [3.8, 4) is 11.1 Å². The van der Waals surface area contributed by atoms with Gasteiger partial charge in [-0.05, 0) is 89.8 Å². The molecule has 166 valence electrons. The predicted molar refractivity (Wildman–Crippen MR) is 141 cm³/mol. The Morgan fingerprint density at radius 3 is 1.91 bits per heavy atom. The summed E-state index contributed by atoms with van der Waals surface area (Å²) in [5, 5.41) is 3.74. The van der Waals surface area contributed by atoms with Crippen molar-refractivity contribution in [1.29, 1.82) is 0 Å². The summed E-state index contributed by atoms with van der Waals surface area (Å²) >= 11 is 3.88. The van der Waals surface area contributed by atoms with Crippen molar-refractivity contribution in [3.63, 3.8) is 0 Å². The van der Waals surface area contributed by atoms with Crippen molar-refractivity contribution in [2.45, 2.75) is 71.6 Å². The highest BCUT2D eigenvalue weighted by atomic mass is 79.9. The van der Waals surface area contributed by atoms with Crippen LogP contribution >= 0.6 is 15.9 Å². The molecule has 0 saturated carbocycles. The maximum absolute atomic E-state index is 3.88. The molecule has 0 aromatic heterocycles. The molecule has 3 aromatic rings. The Labute approximate surface area is 201 Å². The summed E-state index contributed by atoms with van der Waals surface area (Å²) < 4.78 is 1.13. The van der Waals surface area contributed by atoms with Gasteiger partial charge in [-0.3, -0.25) is 0 Å². The van der Waals surface area contributed by atoms with Crippen LogP contribution in [0.15, 0.2) is 59.1 Å². The third kappa shape index (κ3) is 2.62. The third-order valence-corrected chi connectivity index (χ3v) is 10.1. The highest BCUT2D eigenvalue weighted by Gasteiger charge is 2.56. The van der Waals surface area contributed by atoms with Crippen molar-refractivity contribution in [1.82, 2.24) is 0 Å². The highest BCUT2D eigenvalue weighted by molar-refractivity contribution is 9.10. The number of fused-ring (bicyclic) bond motifs is 4. The summed E-state index contributed by atoms with van der Waals surface area (Å²) in [6.07, 6.45) is 0. The van der Waals surface area contributed by atoms with E-state index in [-0.39, 0.29) is 21.7 Å². The summed E-state index contributed by atoms with van der Waals surface area (Å²) in [7, 11) is 0. The highest BCUT2D eigenvalue weighted by Crippen LogP contribution is 2.62. The van der Waals surface area contributed by atoms with E-state index in [1.165, 1.54) is 33.4 Å². The van der Waals surface area contributed by atoms with Gasteiger partial charge in [-0.15, -0.1) is 0 Å². The van der Waals surface area contributed by atoms with Crippen molar-refractivity contribution in [2.75, 3.05) is 5.32 Å². The minimum Gasteiger partial charge on any atom is -0.355 e. The lowest BCUT2D eigenvalue weighted by atomic mass is 9.59. The van der Waals surface area contributed by atoms with Gasteiger partial charge in [0.05, 0.1) is 5.69 Å². The minimum atomic E-state index is 0.00875. The number of nitrogens with one attached hydrogen (secondary N) is 1. The number of hydrogen-bond acceptors (Lipinski definition) is 1. The Balaban J connectivity index is 1.57. The molecule has 32 heavy (non-hydrogen) atoms. The second-order valence-electron chi connectivity index (χ2n) is 11.8. The van der Waals surface area contributed by atoms with Crippen molar-refractivity contribution < 1.29 is 0 Å². The van der Waals surface area contributed by atoms with Gasteiger partial charge in [0.25, 0.3) is 0 Å². The van der Waals surface area contributed by atoms with Crippen LogP contribution in [0.3, 0.4) is 0 Å². The Morgan fingerprint density at radius 2 is 1.22 bits per heavy atom. The second-order valence-corrected chi connectivity index (χ2v) is 12.7. The zero-order valence-electron chi connectivity index (χ0n) is 20.6. The van der Waals surface area contributed by atoms with Crippen LogP contribution in [0.2, 0.25) is 0 Å². The lowest BCUT2D eigenvalue weighted by Crippen LogP contribution is -2.42. The Hall–Kier alpha value is -2.06. The van der Waals surface area contributed by atoms with Gasteiger partial charge < -0.3 is 5.32 Å². The summed E-state index contributed by atoms with van der Waals surface area (Å²) in [6.45, 7) is 19.1. The number of hydrogen-bond donors (Lipinski definition) is 1. The zero-order valence-corrected chi connectivity index (χ0v) is 22.2. The van der Waals surface area contributed by atoms with E-state index in [2.05, 4.69) is 131 Å². The van der Waals surface area contributed by atoms with Crippen LogP contribution in [0.25, 0.3) is 11.1 Å². The fraction of sp³-hybridized carbons (Fsp3) is 0.400. The average molecular weight is 489 g/mol. The SMILES string of the molecule is CC1(C)c2ccccc2-c2ccc(Nc3cc4c(cc3Br)C(C)(C)C(C)(C)C4(C)C)cc21. The number of anilines is 2. The van der Waals surface area contributed by atoms with Crippen molar-refractivity contribution in [3.05, 3.63) is 81.3 Å². The molecule has 1 nitrogen and oxygen atoms in total.